The van der Waals surface area contributed by atoms with E-state index in [4.69, 9.17) is 4.74 Å². The molecule has 2 aromatic carbocycles. The lowest BCUT2D eigenvalue weighted by Crippen LogP contribution is -2.45. The highest BCUT2D eigenvalue weighted by atomic mass is 32.2. The molecule has 2 heterocycles. The average Bonchev–Trinajstić information content (AvgIpc) is 3.44. The second-order valence-electron chi connectivity index (χ2n) is 9.56. The van der Waals surface area contributed by atoms with Gasteiger partial charge < -0.3 is 15.4 Å². The Bertz CT molecular complexity index is 1400. The molecule has 0 bridgehead atoms. The number of carbonyl (C=O) groups is 1. The molecule has 0 radical (unpaired) electrons. The van der Waals surface area contributed by atoms with Gasteiger partial charge in [-0.1, -0.05) is 25.1 Å². The van der Waals surface area contributed by atoms with Crippen LogP contribution in [0.1, 0.15) is 58.6 Å². The molecule has 4 rings (SSSR count). The largest absolute Gasteiger partial charge is 0.497 e. The summed E-state index contributed by atoms with van der Waals surface area (Å²) in [5.41, 5.74) is 0.541. The lowest BCUT2D eigenvalue weighted by molar-refractivity contribution is -0.137. The number of hydrogen-bond acceptors (Lipinski definition) is 6. The minimum absolute atomic E-state index is 0.0458. The summed E-state index contributed by atoms with van der Waals surface area (Å²) >= 11 is 1.13. The molecule has 40 heavy (non-hydrogen) atoms. The van der Waals surface area contributed by atoms with Crippen LogP contribution in [-0.2, 0) is 22.7 Å². The smallest absolute Gasteiger partial charge is 0.416 e. The number of carbonyl (C=O) groups excluding carboxylic acids is 1. The second-order valence-corrected chi connectivity index (χ2v) is 12.9. The maximum atomic E-state index is 13.3. The van der Waals surface area contributed by atoms with Crippen LogP contribution in [0.4, 0.5) is 13.2 Å². The molecule has 1 saturated heterocycles. The van der Waals surface area contributed by atoms with E-state index in [0.717, 1.165) is 29.0 Å². The topological polar surface area (TPSA) is 87.7 Å². The SMILES string of the molecule is CCC(NC1CCN(S(=O)(=O)c2ccc(CNC(=O)c3cccc(OC)c3)s2)CC1)c1ccc(C(F)(F)F)cc1. The van der Waals surface area contributed by atoms with Crippen molar-refractivity contribution in [3.05, 3.63) is 82.2 Å². The molecule has 7 nitrogen and oxygen atoms in total. The van der Waals surface area contributed by atoms with E-state index in [0.29, 0.717) is 48.5 Å². The van der Waals surface area contributed by atoms with Crippen LogP contribution < -0.4 is 15.4 Å². The number of nitrogens with one attached hydrogen (secondary N) is 2. The minimum Gasteiger partial charge on any atom is -0.497 e. The number of methoxy groups -OCH3 is 1. The highest BCUT2D eigenvalue weighted by Gasteiger charge is 2.32. The number of thiophene rings is 1. The predicted octanol–water partition coefficient (Wildman–Crippen LogP) is 5.60. The monoisotopic (exact) mass is 595 g/mol. The first-order valence-corrected chi connectivity index (χ1v) is 15.2. The van der Waals surface area contributed by atoms with Crippen molar-refractivity contribution in [3.8, 4) is 5.75 Å². The Morgan fingerprint density at radius 3 is 2.42 bits per heavy atom. The summed E-state index contributed by atoms with van der Waals surface area (Å²) in [7, 11) is -2.16. The van der Waals surface area contributed by atoms with Gasteiger partial charge in [0.05, 0.1) is 19.2 Å². The van der Waals surface area contributed by atoms with Crippen LogP contribution in [0.25, 0.3) is 0 Å². The summed E-state index contributed by atoms with van der Waals surface area (Å²) in [6, 6.07) is 15.1. The Kier molecular flexibility index (Phi) is 9.55. The van der Waals surface area contributed by atoms with Gasteiger partial charge in [0, 0.05) is 35.6 Å². The molecule has 0 saturated carbocycles. The number of ether oxygens (including phenoxy) is 1. The minimum atomic E-state index is -4.37. The van der Waals surface area contributed by atoms with Gasteiger partial charge in [-0.05, 0) is 67.3 Å². The van der Waals surface area contributed by atoms with Gasteiger partial charge in [-0.3, -0.25) is 4.79 Å². The second kappa shape index (κ2) is 12.7. The zero-order valence-corrected chi connectivity index (χ0v) is 23.8. The Hall–Kier alpha value is -2.93. The molecule has 12 heteroatoms. The molecule has 1 unspecified atom stereocenters. The van der Waals surface area contributed by atoms with Crippen LogP contribution in [-0.4, -0.2) is 44.9 Å². The number of alkyl halides is 3. The number of hydrogen-bond donors (Lipinski definition) is 2. The Morgan fingerprint density at radius 2 is 1.80 bits per heavy atom. The van der Waals surface area contributed by atoms with Gasteiger partial charge in [0.25, 0.3) is 15.9 Å². The van der Waals surface area contributed by atoms with Gasteiger partial charge in [0.1, 0.15) is 9.96 Å². The summed E-state index contributed by atoms with van der Waals surface area (Å²) in [5, 5.41) is 6.30. The van der Waals surface area contributed by atoms with Gasteiger partial charge in [0.15, 0.2) is 0 Å². The van der Waals surface area contributed by atoms with Gasteiger partial charge in [-0.2, -0.15) is 17.5 Å². The maximum Gasteiger partial charge on any atom is 0.416 e. The third-order valence-corrected chi connectivity index (χ3v) is 10.4. The van der Waals surface area contributed by atoms with Gasteiger partial charge in [-0.15, -0.1) is 11.3 Å². The van der Waals surface area contributed by atoms with Crippen LogP contribution in [0, 0.1) is 0 Å². The number of piperidine rings is 1. The first-order chi connectivity index (χ1) is 19.0. The highest BCUT2D eigenvalue weighted by Crippen LogP contribution is 2.31. The van der Waals surface area contributed by atoms with Gasteiger partial charge >= 0.3 is 6.18 Å². The van der Waals surface area contributed by atoms with E-state index in [1.54, 1.807) is 36.4 Å². The molecule has 1 atom stereocenters. The Balaban J connectivity index is 1.30. The molecule has 1 amide bonds. The van der Waals surface area contributed by atoms with Crippen molar-refractivity contribution in [1.82, 2.24) is 14.9 Å². The molecule has 1 aliphatic rings. The summed E-state index contributed by atoms with van der Waals surface area (Å²) < 4.78 is 72.1. The Morgan fingerprint density at radius 1 is 1.10 bits per heavy atom. The number of benzene rings is 2. The molecule has 1 aliphatic heterocycles. The van der Waals surface area contributed by atoms with Crippen LogP contribution >= 0.6 is 11.3 Å². The van der Waals surface area contributed by atoms with Crippen molar-refractivity contribution in [3.63, 3.8) is 0 Å². The third-order valence-electron chi connectivity index (χ3n) is 6.93. The first-order valence-electron chi connectivity index (χ1n) is 13.0. The van der Waals surface area contributed by atoms with E-state index in [1.807, 2.05) is 6.92 Å². The fraction of sp³-hybridized carbons (Fsp3) is 0.393. The molecule has 0 aliphatic carbocycles. The first kappa shape index (κ1) is 30.0. The van der Waals surface area contributed by atoms with Crippen molar-refractivity contribution in [1.29, 1.82) is 0 Å². The fourth-order valence-electron chi connectivity index (χ4n) is 4.65. The lowest BCUT2D eigenvalue weighted by atomic mass is 9.99. The molecule has 216 valence electrons. The van der Waals surface area contributed by atoms with Crippen molar-refractivity contribution in [2.24, 2.45) is 0 Å². The van der Waals surface area contributed by atoms with E-state index in [9.17, 15) is 26.4 Å². The fourth-order valence-corrected chi connectivity index (χ4v) is 7.57. The van der Waals surface area contributed by atoms with Crippen LogP contribution in [0.15, 0.2) is 64.9 Å². The predicted molar refractivity (Wildman–Crippen MR) is 148 cm³/mol. The summed E-state index contributed by atoms with van der Waals surface area (Å²) in [6.45, 7) is 2.83. The molecule has 1 fully saturated rings. The van der Waals surface area contributed by atoms with Crippen molar-refractivity contribution >= 4 is 27.3 Å². The van der Waals surface area contributed by atoms with Crippen molar-refractivity contribution < 1.29 is 31.1 Å². The number of halogens is 3. The maximum absolute atomic E-state index is 13.3. The molecule has 1 aromatic heterocycles. The standard InChI is InChI=1S/C28H32F3N3O4S2/c1-3-25(19-7-9-21(10-8-19)28(29,30)31)33-22-13-15-34(16-14-22)40(36,37)26-12-11-24(39-26)18-32-27(35)20-5-4-6-23(17-20)38-2/h4-12,17,22,25,33H,3,13-16,18H2,1-2H3,(H,32,35). The third kappa shape index (κ3) is 7.22. The van der Waals surface area contributed by atoms with E-state index < -0.39 is 21.8 Å². The number of amides is 1. The summed E-state index contributed by atoms with van der Waals surface area (Å²) in [6.07, 6.45) is -2.51. The molecular formula is C28H32F3N3O4S2. The number of sulfonamides is 1. The van der Waals surface area contributed by atoms with Crippen molar-refractivity contribution in [2.75, 3.05) is 20.2 Å². The highest BCUT2D eigenvalue weighted by molar-refractivity contribution is 7.91. The van der Waals surface area contributed by atoms with Gasteiger partial charge in [0.2, 0.25) is 0 Å². The molecule has 2 N–H and O–H groups in total. The average molecular weight is 596 g/mol. The quantitative estimate of drug-likeness (QED) is 0.319. The van der Waals surface area contributed by atoms with E-state index in [2.05, 4.69) is 10.6 Å². The zero-order chi connectivity index (χ0) is 28.9. The molecule has 3 aromatic rings. The molecular weight excluding hydrogens is 563 g/mol. The van der Waals surface area contributed by atoms with Crippen molar-refractivity contribution in [2.45, 2.75) is 55.2 Å². The van der Waals surface area contributed by atoms with Crippen LogP contribution in [0.5, 0.6) is 5.75 Å². The van der Waals surface area contributed by atoms with E-state index >= 15 is 0 Å². The Labute approximate surface area is 236 Å². The zero-order valence-electron chi connectivity index (χ0n) is 22.2. The van der Waals surface area contributed by atoms with Crippen LogP contribution in [0.3, 0.4) is 0 Å². The number of rotatable bonds is 10. The lowest BCUT2D eigenvalue weighted by Gasteiger charge is -2.33. The van der Waals surface area contributed by atoms with E-state index in [1.165, 1.54) is 23.5 Å². The summed E-state index contributed by atoms with van der Waals surface area (Å²) in [5.74, 6) is 0.286. The molecule has 0 spiro atoms. The normalized spacial score (nSPS) is 16.0. The summed E-state index contributed by atoms with van der Waals surface area (Å²) in [4.78, 5) is 13.2. The van der Waals surface area contributed by atoms with Crippen LogP contribution in [0.2, 0.25) is 0 Å². The van der Waals surface area contributed by atoms with Gasteiger partial charge in [-0.25, -0.2) is 8.42 Å². The number of nitrogens with zero attached hydrogens (tertiary/aromatic N) is 1. The van der Waals surface area contributed by atoms with E-state index in [-0.39, 0.29) is 28.7 Å².